The fourth-order valence-corrected chi connectivity index (χ4v) is 1.87. The minimum Gasteiger partial charge on any atom is -0.461 e. The number of carbonyl (C=O) groups is 1. The summed E-state index contributed by atoms with van der Waals surface area (Å²) in [5.41, 5.74) is 0.570. The SMILES string of the molecule is CCOC(=O)c1nn(-c2ncc(Cl)cc2Cl)nc1C. The number of esters is 1. The summed E-state index contributed by atoms with van der Waals surface area (Å²) in [5.74, 6) is -0.235. The van der Waals surface area contributed by atoms with Crippen LogP contribution in [0.25, 0.3) is 5.82 Å². The predicted molar refractivity (Wildman–Crippen MR) is 69.9 cm³/mol. The lowest BCUT2D eigenvalue weighted by Gasteiger charge is -2.01. The topological polar surface area (TPSA) is 69.9 Å². The number of hydrogen-bond donors (Lipinski definition) is 0. The molecule has 0 fully saturated rings. The van der Waals surface area contributed by atoms with Crippen molar-refractivity contribution in [3.05, 3.63) is 33.7 Å². The quantitative estimate of drug-likeness (QED) is 0.814. The van der Waals surface area contributed by atoms with Crippen molar-refractivity contribution in [3.63, 3.8) is 0 Å². The van der Waals surface area contributed by atoms with Crippen LogP contribution in [0.2, 0.25) is 10.0 Å². The van der Waals surface area contributed by atoms with Gasteiger partial charge in [0, 0.05) is 6.20 Å². The normalized spacial score (nSPS) is 10.5. The highest BCUT2D eigenvalue weighted by molar-refractivity contribution is 6.35. The molecule has 0 atom stereocenters. The van der Waals surface area contributed by atoms with Gasteiger partial charge in [0.15, 0.2) is 11.5 Å². The molecule has 0 aliphatic carbocycles. The van der Waals surface area contributed by atoms with Crippen LogP contribution in [0, 0.1) is 6.92 Å². The van der Waals surface area contributed by atoms with E-state index in [9.17, 15) is 4.79 Å². The number of halogens is 2. The Labute approximate surface area is 119 Å². The van der Waals surface area contributed by atoms with Gasteiger partial charge in [-0.2, -0.15) is 5.10 Å². The van der Waals surface area contributed by atoms with Gasteiger partial charge >= 0.3 is 5.97 Å². The Morgan fingerprint density at radius 2 is 2.16 bits per heavy atom. The molecule has 8 heteroatoms. The minimum absolute atomic E-state index is 0.134. The zero-order chi connectivity index (χ0) is 14.0. The fraction of sp³-hybridized carbons (Fsp3) is 0.273. The van der Waals surface area contributed by atoms with E-state index in [1.807, 2.05) is 0 Å². The van der Waals surface area contributed by atoms with Crippen LogP contribution in [0.5, 0.6) is 0 Å². The maximum absolute atomic E-state index is 11.6. The van der Waals surface area contributed by atoms with Crippen LogP contribution in [0.15, 0.2) is 12.3 Å². The summed E-state index contributed by atoms with van der Waals surface area (Å²) in [6.45, 7) is 3.64. The van der Waals surface area contributed by atoms with Gasteiger partial charge in [-0.1, -0.05) is 23.2 Å². The number of carbonyl (C=O) groups excluding carboxylic acids is 1. The van der Waals surface area contributed by atoms with Gasteiger partial charge in [0.25, 0.3) is 0 Å². The first-order valence-corrected chi connectivity index (χ1v) is 6.21. The fourth-order valence-electron chi connectivity index (χ4n) is 1.42. The molecule has 0 bridgehead atoms. The first kappa shape index (κ1) is 13.8. The first-order valence-electron chi connectivity index (χ1n) is 5.45. The Balaban J connectivity index is 2.42. The summed E-state index contributed by atoms with van der Waals surface area (Å²) in [5, 5.41) is 8.81. The van der Waals surface area contributed by atoms with Gasteiger partial charge in [-0.05, 0) is 19.9 Å². The van der Waals surface area contributed by atoms with Crippen molar-refractivity contribution in [2.45, 2.75) is 13.8 Å². The molecule has 2 rings (SSSR count). The maximum atomic E-state index is 11.6. The van der Waals surface area contributed by atoms with Crippen molar-refractivity contribution in [3.8, 4) is 5.82 Å². The Morgan fingerprint density at radius 3 is 2.79 bits per heavy atom. The molecule has 0 saturated heterocycles. The number of ether oxygens (including phenoxy) is 1. The average molecular weight is 301 g/mol. The molecule has 0 amide bonds. The molecule has 0 N–H and O–H groups in total. The zero-order valence-electron chi connectivity index (χ0n) is 10.2. The van der Waals surface area contributed by atoms with Crippen LogP contribution in [-0.2, 0) is 4.74 Å². The molecule has 0 unspecified atom stereocenters. The van der Waals surface area contributed by atoms with Gasteiger partial charge in [-0.3, -0.25) is 0 Å². The van der Waals surface area contributed by atoms with E-state index in [-0.39, 0.29) is 17.3 Å². The van der Waals surface area contributed by atoms with Gasteiger partial charge in [-0.25, -0.2) is 9.78 Å². The number of hydrogen-bond acceptors (Lipinski definition) is 5. The molecular weight excluding hydrogens is 291 g/mol. The minimum atomic E-state index is -0.531. The van der Waals surface area contributed by atoms with E-state index in [1.54, 1.807) is 13.8 Å². The van der Waals surface area contributed by atoms with Gasteiger partial charge in [0.2, 0.25) is 0 Å². The van der Waals surface area contributed by atoms with Crippen LogP contribution in [-0.4, -0.2) is 32.6 Å². The molecule has 0 aliphatic rings. The summed E-state index contributed by atoms with van der Waals surface area (Å²) >= 11 is 11.8. The van der Waals surface area contributed by atoms with Gasteiger partial charge in [-0.15, -0.1) is 9.90 Å². The Bertz CT molecular complexity index is 627. The second-order valence-corrected chi connectivity index (χ2v) is 4.45. The van der Waals surface area contributed by atoms with Gasteiger partial charge < -0.3 is 4.74 Å². The van der Waals surface area contributed by atoms with Crippen LogP contribution in [0.1, 0.15) is 23.1 Å². The summed E-state index contributed by atoms with van der Waals surface area (Å²) in [4.78, 5) is 16.8. The summed E-state index contributed by atoms with van der Waals surface area (Å²) in [6, 6.07) is 1.52. The number of nitrogens with zero attached hydrogens (tertiary/aromatic N) is 4. The number of rotatable bonds is 3. The van der Waals surface area contributed by atoms with E-state index in [0.29, 0.717) is 16.5 Å². The van der Waals surface area contributed by atoms with Crippen LogP contribution >= 0.6 is 23.2 Å². The number of aromatic nitrogens is 4. The molecule has 0 aromatic carbocycles. The maximum Gasteiger partial charge on any atom is 0.360 e. The van der Waals surface area contributed by atoms with E-state index in [4.69, 9.17) is 27.9 Å². The number of pyridine rings is 1. The van der Waals surface area contributed by atoms with Crippen molar-refractivity contribution in [1.29, 1.82) is 0 Å². The molecular formula is C11H10Cl2N4O2. The van der Waals surface area contributed by atoms with E-state index >= 15 is 0 Å². The zero-order valence-corrected chi connectivity index (χ0v) is 11.7. The summed E-state index contributed by atoms with van der Waals surface area (Å²) in [7, 11) is 0. The van der Waals surface area contributed by atoms with Crippen LogP contribution < -0.4 is 0 Å². The largest absolute Gasteiger partial charge is 0.461 e. The monoisotopic (exact) mass is 300 g/mol. The van der Waals surface area contributed by atoms with E-state index in [0.717, 1.165) is 0 Å². The average Bonchev–Trinajstić information content (AvgIpc) is 2.71. The van der Waals surface area contributed by atoms with Crippen LogP contribution in [0.4, 0.5) is 0 Å². The van der Waals surface area contributed by atoms with E-state index < -0.39 is 5.97 Å². The smallest absolute Gasteiger partial charge is 0.360 e. The highest BCUT2D eigenvalue weighted by atomic mass is 35.5. The molecule has 19 heavy (non-hydrogen) atoms. The van der Waals surface area contributed by atoms with Gasteiger partial charge in [0.05, 0.1) is 22.3 Å². The van der Waals surface area contributed by atoms with Crippen molar-refractivity contribution >= 4 is 29.2 Å². The van der Waals surface area contributed by atoms with Gasteiger partial charge in [0.1, 0.15) is 0 Å². The molecule has 2 heterocycles. The predicted octanol–water partition coefficient (Wildman–Crippen LogP) is 2.45. The summed E-state index contributed by atoms with van der Waals surface area (Å²) < 4.78 is 4.88. The molecule has 2 aromatic heterocycles. The highest BCUT2D eigenvalue weighted by Gasteiger charge is 2.18. The van der Waals surface area contributed by atoms with Crippen LogP contribution in [0.3, 0.4) is 0 Å². The van der Waals surface area contributed by atoms with Crippen molar-refractivity contribution in [2.24, 2.45) is 0 Å². The van der Waals surface area contributed by atoms with E-state index in [1.165, 1.54) is 17.1 Å². The molecule has 0 radical (unpaired) electrons. The molecule has 6 nitrogen and oxygen atoms in total. The standard InChI is InChI=1S/C11H10Cl2N4O2/c1-3-19-11(18)9-6(2)15-17(16-9)10-8(13)4-7(12)5-14-10/h4-5H,3H2,1-2H3. The van der Waals surface area contributed by atoms with E-state index in [2.05, 4.69) is 15.2 Å². The van der Waals surface area contributed by atoms with Crippen molar-refractivity contribution in [2.75, 3.05) is 6.61 Å². The molecule has 0 saturated carbocycles. The Morgan fingerprint density at radius 1 is 1.42 bits per heavy atom. The lowest BCUT2D eigenvalue weighted by atomic mass is 10.3. The summed E-state index contributed by atoms with van der Waals surface area (Å²) in [6.07, 6.45) is 1.42. The Kier molecular flexibility index (Phi) is 4.01. The molecule has 100 valence electrons. The van der Waals surface area contributed by atoms with Crippen molar-refractivity contribution < 1.29 is 9.53 Å². The first-order chi connectivity index (χ1) is 9.02. The second-order valence-electron chi connectivity index (χ2n) is 3.60. The Hall–Kier alpha value is -1.66. The highest BCUT2D eigenvalue weighted by Crippen LogP contribution is 2.21. The molecule has 2 aromatic rings. The molecule has 0 spiro atoms. The lowest BCUT2D eigenvalue weighted by Crippen LogP contribution is -2.08. The second kappa shape index (κ2) is 5.54. The lowest BCUT2D eigenvalue weighted by molar-refractivity contribution is 0.0518. The third-order valence-electron chi connectivity index (χ3n) is 2.23. The van der Waals surface area contributed by atoms with Crippen molar-refractivity contribution in [1.82, 2.24) is 20.0 Å². The molecule has 0 aliphatic heterocycles. The number of aryl methyl sites for hydroxylation is 1. The third-order valence-corrected chi connectivity index (χ3v) is 2.71. The third kappa shape index (κ3) is 2.85.